The lowest BCUT2D eigenvalue weighted by Gasteiger charge is -2.10. The Morgan fingerprint density at radius 3 is 2.71 bits per heavy atom. The van der Waals surface area contributed by atoms with Crippen LogP contribution >= 0.6 is 11.8 Å². The third kappa shape index (κ3) is 4.26. The van der Waals surface area contributed by atoms with E-state index in [0.29, 0.717) is 11.3 Å². The molecule has 21 heavy (non-hydrogen) atoms. The summed E-state index contributed by atoms with van der Waals surface area (Å²) in [5.41, 5.74) is 1.99. The van der Waals surface area contributed by atoms with E-state index < -0.39 is 6.09 Å². The van der Waals surface area contributed by atoms with Crippen LogP contribution in [0.4, 0.5) is 10.5 Å². The fraction of sp³-hybridized carbons (Fsp3) is 0.125. The number of benzene rings is 2. The summed E-state index contributed by atoms with van der Waals surface area (Å²) in [5.74, 6) is 0. The molecule has 0 saturated heterocycles. The molecule has 0 radical (unpaired) electrons. The van der Waals surface area contributed by atoms with Gasteiger partial charge in [-0.2, -0.15) is 5.26 Å². The fourth-order valence-electron chi connectivity index (χ4n) is 1.74. The first-order chi connectivity index (χ1) is 10.2. The summed E-state index contributed by atoms with van der Waals surface area (Å²) in [7, 11) is 0. The maximum atomic E-state index is 11.8. The van der Waals surface area contributed by atoms with Crippen LogP contribution in [-0.2, 0) is 11.3 Å². The molecule has 1 amide bonds. The van der Waals surface area contributed by atoms with Crippen molar-refractivity contribution in [2.75, 3.05) is 11.6 Å². The molecule has 0 aromatic heterocycles. The van der Waals surface area contributed by atoms with Crippen molar-refractivity contribution in [3.05, 3.63) is 59.7 Å². The highest BCUT2D eigenvalue weighted by Gasteiger charge is 2.08. The first-order valence-corrected chi connectivity index (χ1v) is 7.51. The number of anilines is 1. The summed E-state index contributed by atoms with van der Waals surface area (Å²) < 4.78 is 5.16. The summed E-state index contributed by atoms with van der Waals surface area (Å²) in [6.45, 7) is 0.208. The lowest BCUT2D eigenvalue weighted by Crippen LogP contribution is -2.14. The highest BCUT2D eigenvalue weighted by Crippen LogP contribution is 2.26. The molecule has 2 aromatic rings. The number of amides is 1. The number of hydrogen-bond acceptors (Lipinski definition) is 4. The Hall–Kier alpha value is -2.45. The molecule has 0 saturated carbocycles. The van der Waals surface area contributed by atoms with Crippen molar-refractivity contribution in [2.24, 2.45) is 0 Å². The van der Waals surface area contributed by atoms with Crippen LogP contribution in [0.15, 0.2) is 53.4 Å². The molecule has 2 rings (SSSR count). The molecule has 0 fully saturated rings. The van der Waals surface area contributed by atoms with E-state index in [1.807, 2.05) is 42.7 Å². The highest BCUT2D eigenvalue weighted by molar-refractivity contribution is 7.98. The number of nitrogens with one attached hydrogen (secondary N) is 1. The van der Waals surface area contributed by atoms with E-state index >= 15 is 0 Å². The quantitative estimate of drug-likeness (QED) is 0.866. The van der Waals surface area contributed by atoms with Crippen molar-refractivity contribution in [1.82, 2.24) is 0 Å². The Balaban J connectivity index is 2.01. The van der Waals surface area contributed by atoms with Crippen molar-refractivity contribution in [3.63, 3.8) is 0 Å². The minimum Gasteiger partial charge on any atom is -0.444 e. The molecule has 4 nitrogen and oxygen atoms in total. The second-order valence-electron chi connectivity index (χ2n) is 4.21. The summed E-state index contributed by atoms with van der Waals surface area (Å²) >= 11 is 1.49. The lowest BCUT2D eigenvalue weighted by molar-refractivity contribution is 0.155. The van der Waals surface area contributed by atoms with Gasteiger partial charge in [-0.25, -0.2) is 4.79 Å². The normalized spacial score (nSPS) is 9.71. The topological polar surface area (TPSA) is 62.1 Å². The van der Waals surface area contributed by atoms with Crippen LogP contribution in [0.3, 0.4) is 0 Å². The Morgan fingerprint density at radius 2 is 2.05 bits per heavy atom. The molecule has 0 aliphatic carbocycles. The number of rotatable bonds is 4. The van der Waals surface area contributed by atoms with Crippen molar-refractivity contribution < 1.29 is 9.53 Å². The Bertz CT molecular complexity index is 666. The van der Waals surface area contributed by atoms with Crippen LogP contribution in [0.1, 0.15) is 11.1 Å². The third-order valence-corrected chi connectivity index (χ3v) is 3.57. The first kappa shape index (κ1) is 14.9. The van der Waals surface area contributed by atoms with Gasteiger partial charge in [0.2, 0.25) is 0 Å². The molecule has 0 aliphatic heterocycles. The molecule has 0 spiro atoms. The minimum atomic E-state index is -0.538. The SMILES string of the molecule is CSc1ccc(C#N)cc1NC(=O)OCc1ccccc1. The lowest BCUT2D eigenvalue weighted by atomic mass is 10.2. The van der Waals surface area contributed by atoms with Crippen molar-refractivity contribution in [1.29, 1.82) is 5.26 Å². The molecular weight excluding hydrogens is 284 g/mol. The van der Waals surface area contributed by atoms with E-state index in [9.17, 15) is 4.79 Å². The van der Waals surface area contributed by atoms with Gasteiger partial charge in [0.25, 0.3) is 0 Å². The van der Waals surface area contributed by atoms with Crippen molar-refractivity contribution >= 4 is 23.5 Å². The van der Waals surface area contributed by atoms with E-state index in [0.717, 1.165) is 10.5 Å². The largest absolute Gasteiger partial charge is 0.444 e. The summed E-state index contributed by atoms with van der Waals surface area (Å²) in [4.78, 5) is 12.7. The number of carbonyl (C=O) groups excluding carboxylic acids is 1. The Labute approximate surface area is 127 Å². The van der Waals surface area contributed by atoms with Crippen molar-refractivity contribution in [2.45, 2.75) is 11.5 Å². The average Bonchev–Trinajstić information content (AvgIpc) is 2.54. The predicted molar refractivity (Wildman–Crippen MR) is 83.2 cm³/mol. The second-order valence-corrected chi connectivity index (χ2v) is 5.06. The van der Waals surface area contributed by atoms with Gasteiger partial charge in [-0.1, -0.05) is 30.3 Å². The van der Waals surface area contributed by atoms with Crippen LogP contribution in [-0.4, -0.2) is 12.3 Å². The van der Waals surface area contributed by atoms with Crippen molar-refractivity contribution in [3.8, 4) is 6.07 Å². The highest BCUT2D eigenvalue weighted by atomic mass is 32.2. The van der Waals surface area contributed by atoms with Gasteiger partial charge in [0.1, 0.15) is 6.61 Å². The van der Waals surface area contributed by atoms with Gasteiger partial charge in [0, 0.05) is 4.90 Å². The standard InChI is InChI=1S/C16H14N2O2S/c1-21-15-8-7-13(10-17)9-14(15)18-16(19)20-11-12-5-3-2-4-6-12/h2-9H,11H2,1H3,(H,18,19). The Morgan fingerprint density at radius 1 is 1.29 bits per heavy atom. The van der Waals surface area contributed by atoms with Gasteiger partial charge in [0.05, 0.1) is 17.3 Å². The maximum absolute atomic E-state index is 11.8. The maximum Gasteiger partial charge on any atom is 0.411 e. The number of thioether (sulfide) groups is 1. The zero-order chi connectivity index (χ0) is 15.1. The zero-order valence-electron chi connectivity index (χ0n) is 11.5. The average molecular weight is 298 g/mol. The van der Waals surface area contributed by atoms with E-state index in [1.165, 1.54) is 11.8 Å². The molecule has 0 aliphatic rings. The van der Waals surface area contributed by atoms with E-state index in [1.54, 1.807) is 18.2 Å². The van der Waals surface area contributed by atoms with Gasteiger partial charge < -0.3 is 4.74 Å². The van der Waals surface area contributed by atoms with Gasteiger partial charge in [-0.05, 0) is 30.0 Å². The molecule has 0 bridgehead atoms. The Kier molecular flexibility index (Phi) is 5.24. The molecule has 0 heterocycles. The van der Waals surface area contributed by atoms with Crippen LogP contribution in [0, 0.1) is 11.3 Å². The van der Waals surface area contributed by atoms with E-state index in [-0.39, 0.29) is 6.61 Å². The molecule has 2 aromatic carbocycles. The molecule has 0 unspecified atom stereocenters. The smallest absolute Gasteiger partial charge is 0.411 e. The van der Waals surface area contributed by atoms with Crippen LogP contribution in [0.5, 0.6) is 0 Å². The van der Waals surface area contributed by atoms with Gasteiger partial charge in [-0.3, -0.25) is 5.32 Å². The van der Waals surface area contributed by atoms with Gasteiger partial charge in [-0.15, -0.1) is 11.8 Å². The number of ether oxygens (including phenoxy) is 1. The number of carbonyl (C=O) groups is 1. The predicted octanol–water partition coefficient (Wildman–Crippen LogP) is 4.03. The monoisotopic (exact) mass is 298 g/mol. The summed E-state index contributed by atoms with van der Waals surface area (Å²) in [5, 5.41) is 11.6. The minimum absolute atomic E-state index is 0.208. The molecule has 5 heteroatoms. The number of nitriles is 1. The molecule has 0 atom stereocenters. The van der Waals surface area contributed by atoms with Crippen LogP contribution in [0.2, 0.25) is 0 Å². The molecule has 1 N–H and O–H groups in total. The van der Waals surface area contributed by atoms with Gasteiger partial charge in [0.15, 0.2) is 0 Å². The summed E-state index contributed by atoms with van der Waals surface area (Å²) in [6, 6.07) is 16.7. The zero-order valence-corrected chi connectivity index (χ0v) is 12.3. The van der Waals surface area contributed by atoms with Crippen LogP contribution < -0.4 is 5.32 Å². The summed E-state index contributed by atoms with van der Waals surface area (Å²) in [6.07, 6.45) is 1.37. The van der Waals surface area contributed by atoms with E-state index in [2.05, 4.69) is 5.32 Å². The third-order valence-electron chi connectivity index (χ3n) is 2.78. The first-order valence-electron chi connectivity index (χ1n) is 6.29. The van der Waals surface area contributed by atoms with Gasteiger partial charge >= 0.3 is 6.09 Å². The van der Waals surface area contributed by atoms with E-state index in [4.69, 9.17) is 10.00 Å². The van der Waals surface area contributed by atoms with Crippen LogP contribution in [0.25, 0.3) is 0 Å². The fourth-order valence-corrected chi connectivity index (χ4v) is 2.28. The second kappa shape index (κ2) is 7.36. The molecule has 106 valence electrons. The number of hydrogen-bond donors (Lipinski definition) is 1. The molecular formula is C16H14N2O2S. The number of nitrogens with zero attached hydrogens (tertiary/aromatic N) is 1.